The molecule has 0 aliphatic carbocycles. The summed E-state index contributed by atoms with van der Waals surface area (Å²) in [6, 6.07) is 13.2. The number of para-hydroxylation sites is 1. The van der Waals surface area contributed by atoms with Crippen molar-refractivity contribution in [3.63, 3.8) is 0 Å². The number of hydrogen-bond donors (Lipinski definition) is 2. The number of carbonyl (C=O) groups is 2. The van der Waals surface area contributed by atoms with E-state index in [2.05, 4.69) is 26.8 Å². The third-order valence-corrected chi connectivity index (χ3v) is 4.82. The number of hydrogen-bond acceptors (Lipinski definition) is 3. The van der Waals surface area contributed by atoms with Crippen LogP contribution in [0.4, 0.5) is 0 Å². The number of carbonyl (C=O) groups excluding carboxylic acids is 2. The van der Waals surface area contributed by atoms with Gasteiger partial charge in [-0.2, -0.15) is 0 Å². The van der Waals surface area contributed by atoms with Crippen LogP contribution in [0.3, 0.4) is 0 Å². The molecule has 1 atom stereocenters. The number of amides is 2. The molecule has 0 saturated heterocycles. The molecular weight excluding hydrogens is 410 g/mol. The minimum absolute atomic E-state index is 0.385. The second kappa shape index (κ2) is 7.84. The van der Waals surface area contributed by atoms with E-state index in [9.17, 15) is 9.59 Å². The van der Waals surface area contributed by atoms with Crippen LogP contribution in [0.25, 0.3) is 10.9 Å². The molecule has 1 unspecified atom stereocenters. The van der Waals surface area contributed by atoms with E-state index in [1.807, 2.05) is 54.9 Å². The lowest BCUT2D eigenvalue weighted by atomic mass is 10.2. The van der Waals surface area contributed by atoms with Crippen LogP contribution in [-0.2, 0) is 11.8 Å². The van der Waals surface area contributed by atoms with Crippen LogP contribution in [-0.4, -0.2) is 22.5 Å². The molecular formula is C20H20BrN3O3. The second-order valence-electron chi connectivity index (χ2n) is 6.31. The van der Waals surface area contributed by atoms with Crippen molar-refractivity contribution in [1.29, 1.82) is 0 Å². The first kappa shape index (κ1) is 19.0. The number of aromatic nitrogens is 1. The Labute approximate surface area is 165 Å². The van der Waals surface area contributed by atoms with Crippen LogP contribution in [0.2, 0.25) is 0 Å². The molecule has 2 N–H and O–H groups in total. The van der Waals surface area contributed by atoms with Crippen molar-refractivity contribution in [3.8, 4) is 5.75 Å². The van der Waals surface area contributed by atoms with E-state index in [0.29, 0.717) is 11.3 Å². The number of rotatable bonds is 4. The largest absolute Gasteiger partial charge is 0.480 e. The Balaban J connectivity index is 1.63. The zero-order chi connectivity index (χ0) is 19.6. The fourth-order valence-corrected chi connectivity index (χ4v) is 3.34. The highest BCUT2D eigenvalue weighted by molar-refractivity contribution is 9.10. The molecule has 140 valence electrons. The van der Waals surface area contributed by atoms with Crippen molar-refractivity contribution in [2.75, 3.05) is 0 Å². The van der Waals surface area contributed by atoms with E-state index in [1.54, 1.807) is 19.2 Å². The number of fused-ring (bicyclic) bond motifs is 1. The van der Waals surface area contributed by atoms with Crippen molar-refractivity contribution in [2.45, 2.75) is 20.0 Å². The Morgan fingerprint density at radius 1 is 1.15 bits per heavy atom. The lowest BCUT2D eigenvalue weighted by Gasteiger charge is -2.16. The maximum absolute atomic E-state index is 12.5. The number of nitrogens with one attached hydrogen (secondary N) is 2. The first-order valence-electron chi connectivity index (χ1n) is 8.44. The summed E-state index contributed by atoms with van der Waals surface area (Å²) >= 11 is 3.41. The zero-order valence-electron chi connectivity index (χ0n) is 15.2. The van der Waals surface area contributed by atoms with Gasteiger partial charge in [-0.05, 0) is 53.5 Å². The van der Waals surface area contributed by atoms with Gasteiger partial charge in [-0.15, -0.1) is 0 Å². The molecule has 7 heteroatoms. The number of halogens is 1. The summed E-state index contributed by atoms with van der Waals surface area (Å²) < 4.78 is 8.29. The SMILES string of the molecule is Cc1ccc(OC(C)C(=O)NNC(=O)c2cn(C)c3ccccc23)c(Br)c1. The average Bonchev–Trinajstić information content (AvgIpc) is 2.99. The molecule has 3 rings (SSSR count). The van der Waals surface area contributed by atoms with Gasteiger partial charge in [0.25, 0.3) is 11.8 Å². The van der Waals surface area contributed by atoms with Gasteiger partial charge in [0.05, 0.1) is 10.0 Å². The standard InChI is InChI=1S/C20H20BrN3O3/c1-12-8-9-18(16(21)10-12)27-13(2)19(25)22-23-20(26)15-11-24(3)17-7-5-4-6-14(15)17/h4-11,13H,1-3H3,(H,22,25)(H,23,26). The highest BCUT2D eigenvalue weighted by Gasteiger charge is 2.18. The van der Waals surface area contributed by atoms with Crippen molar-refractivity contribution < 1.29 is 14.3 Å². The molecule has 3 aromatic rings. The van der Waals surface area contributed by atoms with E-state index in [0.717, 1.165) is 20.9 Å². The Kier molecular flexibility index (Phi) is 5.51. The molecule has 0 aliphatic rings. The molecule has 0 radical (unpaired) electrons. The van der Waals surface area contributed by atoms with E-state index in [-0.39, 0.29) is 5.91 Å². The number of ether oxygens (including phenoxy) is 1. The fraction of sp³-hybridized carbons (Fsp3) is 0.200. The lowest BCUT2D eigenvalue weighted by molar-refractivity contribution is -0.128. The van der Waals surface area contributed by atoms with Crippen LogP contribution in [0.5, 0.6) is 5.75 Å². The van der Waals surface area contributed by atoms with Gasteiger partial charge in [0.2, 0.25) is 0 Å². The molecule has 0 fully saturated rings. The van der Waals surface area contributed by atoms with Crippen LogP contribution in [0.1, 0.15) is 22.8 Å². The number of hydrazine groups is 1. The maximum Gasteiger partial charge on any atom is 0.279 e. The summed E-state index contributed by atoms with van der Waals surface area (Å²) in [6.07, 6.45) is 0.951. The van der Waals surface area contributed by atoms with E-state index in [1.165, 1.54) is 0 Å². The summed E-state index contributed by atoms with van der Waals surface area (Å²) in [7, 11) is 1.87. The van der Waals surface area contributed by atoms with Gasteiger partial charge in [-0.3, -0.25) is 20.4 Å². The highest BCUT2D eigenvalue weighted by Crippen LogP contribution is 2.26. The number of nitrogens with zero attached hydrogens (tertiary/aromatic N) is 1. The molecule has 0 spiro atoms. The molecule has 0 saturated carbocycles. The lowest BCUT2D eigenvalue weighted by Crippen LogP contribution is -2.47. The molecule has 2 amide bonds. The average molecular weight is 430 g/mol. The topological polar surface area (TPSA) is 72.4 Å². The van der Waals surface area contributed by atoms with E-state index < -0.39 is 12.0 Å². The quantitative estimate of drug-likeness (QED) is 0.623. The van der Waals surface area contributed by atoms with Crippen molar-refractivity contribution in [3.05, 3.63) is 64.3 Å². The van der Waals surface area contributed by atoms with Gasteiger partial charge in [-0.25, -0.2) is 0 Å². The Bertz CT molecular complexity index is 1010. The predicted octanol–water partition coefficient (Wildman–Crippen LogP) is 3.48. The van der Waals surface area contributed by atoms with Crippen molar-refractivity contribution >= 4 is 38.6 Å². The molecule has 0 aliphatic heterocycles. The van der Waals surface area contributed by atoms with E-state index >= 15 is 0 Å². The van der Waals surface area contributed by atoms with Gasteiger partial charge in [-0.1, -0.05) is 24.3 Å². The highest BCUT2D eigenvalue weighted by atomic mass is 79.9. The zero-order valence-corrected chi connectivity index (χ0v) is 16.8. The van der Waals surface area contributed by atoms with Gasteiger partial charge in [0, 0.05) is 24.1 Å². The van der Waals surface area contributed by atoms with Crippen LogP contribution in [0.15, 0.2) is 53.1 Å². The van der Waals surface area contributed by atoms with Gasteiger partial charge in [0.15, 0.2) is 6.10 Å². The fourth-order valence-electron chi connectivity index (χ4n) is 2.76. The Morgan fingerprint density at radius 2 is 1.89 bits per heavy atom. The summed E-state index contributed by atoms with van der Waals surface area (Å²) in [5.41, 5.74) is 7.38. The number of benzene rings is 2. The monoisotopic (exact) mass is 429 g/mol. The van der Waals surface area contributed by atoms with E-state index in [4.69, 9.17) is 4.74 Å². The number of aryl methyl sites for hydroxylation is 2. The maximum atomic E-state index is 12.5. The molecule has 6 nitrogen and oxygen atoms in total. The van der Waals surface area contributed by atoms with Crippen LogP contribution in [0, 0.1) is 6.92 Å². The van der Waals surface area contributed by atoms with Gasteiger partial charge in [0.1, 0.15) is 5.75 Å². The molecule has 1 heterocycles. The van der Waals surface area contributed by atoms with Crippen LogP contribution >= 0.6 is 15.9 Å². The molecule has 1 aromatic heterocycles. The molecule has 27 heavy (non-hydrogen) atoms. The molecule has 2 aromatic carbocycles. The summed E-state index contributed by atoms with van der Waals surface area (Å²) in [5, 5.41) is 0.819. The summed E-state index contributed by atoms with van der Waals surface area (Å²) in [6.45, 7) is 3.58. The molecule has 0 bridgehead atoms. The third-order valence-electron chi connectivity index (χ3n) is 4.20. The first-order valence-corrected chi connectivity index (χ1v) is 9.23. The smallest absolute Gasteiger partial charge is 0.279 e. The normalized spacial score (nSPS) is 11.9. The minimum Gasteiger partial charge on any atom is -0.480 e. The summed E-state index contributed by atoms with van der Waals surface area (Å²) in [4.78, 5) is 24.7. The van der Waals surface area contributed by atoms with Crippen LogP contribution < -0.4 is 15.6 Å². The predicted molar refractivity (Wildman–Crippen MR) is 107 cm³/mol. The second-order valence-corrected chi connectivity index (χ2v) is 7.16. The Hall–Kier alpha value is -2.80. The van der Waals surface area contributed by atoms with Crippen molar-refractivity contribution in [1.82, 2.24) is 15.4 Å². The third kappa shape index (κ3) is 4.14. The van der Waals surface area contributed by atoms with Gasteiger partial charge >= 0.3 is 0 Å². The first-order chi connectivity index (χ1) is 12.9. The van der Waals surface area contributed by atoms with Gasteiger partial charge < -0.3 is 9.30 Å². The van der Waals surface area contributed by atoms with Crippen molar-refractivity contribution in [2.24, 2.45) is 7.05 Å². The minimum atomic E-state index is -0.781. The Morgan fingerprint density at radius 3 is 2.63 bits per heavy atom. The summed E-state index contributed by atoms with van der Waals surface area (Å²) in [5.74, 6) is -0.274.